The van der Waals surface area contributed by atoms with Gasteiger partial charge in [-0.2, -0.15) is 11.8 Å². The molecule has 0 radical (unpaired) electrons. The summed E-state index contributed by atoms with van der Waals surface area (Å²) >= 11 is 1.84. The number of nitrogens with zero attached hydrogens (tertiary/aromatic N) is 2. The maximum atomic E-state index is 5.33. The summed E-state index contributed by atoms with van der Waals surface area (Å²) in [6.45, 7) is 6.96. The third kappa shape index (κ3) is 7.52. The van der Waals surface area contributed by atoms with Crippen LogP contribution in [-0.4, -0.2) is 57.8 Å². The topological polar surface area (TPSA) is 48.9 Å². The molecule has 2 N–H and O–H groups in total. The van der Waals surface area contributed by atoms with Gasteiger partial charge in [-0.25, -0.2) is 0 Å². The third-order valence-corrected chi connectivity index (χ3v) is 4.77. The minimum atomic E-state index is 0. The Morgan fingerprint density at radius 2 is 2.24 bits per heavy atom. The summed E-state index contributed by atoms with van der Waals surface area (Å²) in [5.74, 6) is 3.55. The summed E-state index contributed by atoms with van der Waals surface area (Å²) in [6, 6.07) is 8.31. The van der Waals surface area contributed by atoms with Gasteiger partial charge in [-0.1, -0.05) is 6.07 Å². The highest BCUT2D eigenvalue weighted by Gasteiger charge is 2.22. The van der Waals surface area contributed by atoms with E-state index in [9.17, 15) is 0 Å². The van der Waals surface area contributed by atoms with E-state index in [-0.39, 0.29) is 24.0 Å². The predicted molar refractivity (Wildman–Crippen MR) is 121 cm³/mol. The molecule has 25 heavy (non-hydrogen) atoms. The Kier molecular flexibility index (Phi) is 11.1. The lowest BCUT2D eigenvalue weighted by Crippen LogP contribution is -2.38. The van der Waals surface area contributed by atoms with Crippen LogP contribution in [0.2, 0.25) is 0 Å². The molecule has 1 unspecified atom stereocenters. The standard InChI is InChI=1S/C18H30N4OS.HI/c1-4-19-18(20-9-11-24-3)21-13-15-8-10-22(14-15)16-6-5-7-17(12-16)23-2;/h5-7,12,15H,4,8-11,13-14H2,1-3H3,(H2,19,20,21);1H. The smallest absolute Gasteiger partial charge is 0.191 e. The summed E-state index contributed by atoms with van der Waals surface area (Å²) < 4.78 is 5.33. The van der Waals surface area contributed by atoms with Crippen LogP contribution < -0.4 is 20.3 Å². The first-order valence-electron chi connectivity index (χ1n) is 8.67. The van der Waals surface area contributed by atoms with Crippen molar-refractivity contribution < 1.29 is 4.74 Å². The van der Waals surface area contributed by atoms with Gasteiger partial charge in [-0.15, -0.1) is 24.0 Å². The van der Waals surface area contributed by atoms with Crippen molar-refractivity contribution >= 4 is 47.4 Å². The molecule has 7 heteroatoms. The molecule has 0 aliphatic carbocycles. The number of rotatable bonds is 8. The molecule has 1 aromatic carbocycles. The SMILES string of the molecule is CCNC(=NCC1CCN(c2cccc(OC)c2)C1)NCCSC.I. The van der Waals surface area contributed by atoms with Crippen molar-refractivity contribution in [3.63, 3.8) is 0 Å². The van der Waals surface area contributed by atoms with Crippen LogP contribution in [0.3, 0.4) is 0 Å². The molecule has 1 aliphatic heterocycles. The quantitative estimate of drug-likeness (QED) is 0.260. The minimum Gasteiger partial charge on any atom is -0.497 e. The molecule has 1 saturated heterocycles. The number of guanidine groups is 1. The molecule has 1 fully saturated rings. The third-order valence-electron chi connectivity index (χ3n) is 4.15. The zero-order chi connectivity index (χ0) is 17.2. The maximum Gasteiger partial charge on any atom is 0.191 e. The highest BCUT2D eigenvalue weighted by molar-refractivity contribution is 14.0. The number of hydrogen-bond acceptors (Lipinski definition) is 4. The van der Waals surface area contributed by atoms with E-state index in [0.29, 0.717) is 5.92 Å². The molecule has 0 aromatic heterocycles. The molecule has 0 bridgehead atoms. The first-order chi connectivity index (χ1) is 11.8. The fraction of sp³-hybridized carbons (Fsp3) is 0.611. The fourth-order valence-corrected chi connectivity index (χ4v) is 3.16. The number of hydrogen-bond donors (Lipinski definition) is 2. The second-order valence-corrected chi connectivity index (χ2v) is 6.93. The van der Waals surface area contributed by atoms with Gasteiger partial charge in [-0.3, -0.25) is 4.99 Å². The molecular weight excluding hydrogens is 447 g/mol. The van der Waals surface area contributed by atoms with Crippen LogP contribution in [0.4, 0.5) is 5.69 Å². The molecule has 0 amide bonds. The zero-order valence-corrected chi connectivity index (χ0v) is 18.6. The molecule has 142 valence electrons. The average Bonchev–Trinajstić information content (AvgIpc) is 3.09. The van der Waals surface area contributed by atoms with Gasteiger partial charge in [0.15, 0.2) is 5.96 Å². The molecule has 0 saturated carbocycles. The Hall–Kier alpha value is -0.830. The van der Waals surface area contributed by atoms with E-state index >= 15 is 0 Å². The van der Waals surface area contributed by atoms with Gasteiger partial charge in [0.25, 0.3) is 0 Å². The lowest BCUT2D eigenvalue weighted by Gasteiger charge is -2.19. The van der Waals surface area contributed by atoms with Crippen LogP contribution in [0.1, 0.15) is 13.3 Å². The number of aliphatic imine (C=N–C) groups is 1. The number of halogens is 1. The van der Waals surface area contributed by atoms with Crippen LogP contribution in [0.25, 0.3) is 0 Å². The highest BCUT2D eigenvalue weighted by atomic mass is 127. The van der Waals surface area contributed by atoms with Crippen LogP contribution in [0.15, 0.2) is 29.3 Å². The largest absolute Gasteiger partial charge is 0.497 e. The molecular formula is C18H31IN4OS. The number of ether oxygens (including phenoxy) is 1. The van der Waals surface area contributed by atoms with Crippen molar-refractivity contribution in [3.05, 3.63) is 24.3 Å². The molecule has 2 rings (SSSR count). The first-order valence-corrected chi connectivity index (χ1v) is 10.1. The van der Waals surface area contributed by atoms with E-state index in [1.54, 1.807) is 7.11 Å². The Morgan fingerprint density at radius 3 is 2.96 bits per heavy atom. The Labute approximate surface area is 173 Å². The second-order valence-electron chi connectivity index (χ2n) is 5.94. The summed E-state index contributed by atoms with van der Waals surface area (Å²) in [6.07, 6.45) is 3.31. The summed E-state index contributed by atoms with van der Waals surface area (Å²) in [7, 11) is 1.72. The van der Waals surface area contributed by atoms with Gasteiger partial charge in [0.1, 0.15) is 5.75 Å². The van der Waals surface area contributed by atoms with Gasteiger partial charge < -0.3 is 20.3 Å². The number of anilines is 1. The van der Waals surface area contributed by atoms with Crippen molar-refractivity contribution in [2.24, 2.45) is 10.9 Å². The average molecular weight is 478 g/mol. The number of thioether (sulfide) groups is 1. The van der Waals surface area contributed by atoms with E-state index in [2.05, 4.69) is 46.9 Å². The van der Waals surface area contributed by atoms with Gasteiger partial charge in [0.2, 0.25) is 0 Å². The Balaban J connectivity index is 0.00000312. The van der Waals surface area contributed by atoms with Crippen LogP contribution in [0.5, 0.6) is 5.75 Å². The molecule has 5 nitrogen and oxygen atoms in total. The molecule has 0 spiro atoms. The molecule has 1 aliphatic rings. The lowest BCUT2D eigenvalue weighted by molar-refractivity contribution is 0.415. The fourth-order valence-electron chi connectivity index (χ4n) is 2.86. The van der Waals surface area contributed by atoms with Crippen LogP contribution in [0, 0.1) is 5.92 Å². The van der Waals surface area contributed by atoms with Gasteiger partial charge in [0, 0.05) is 50.2 Å². The summed E-state index contributed by atoms with van der Waals surface area (Å²) in [4.78, 5) is 7.19. The second kappa shape index (κ2) is 12.5. The van der Waals surface area contributed by atoms with Crippen LogP contribution in [-0.2, 0) is 0 Å². The van der Waals surface area contributed by atoms with Crippen molar-refractivity contribution in [2.75, 3.05) is 56.7 Å². The maximum absolute atomic E-state index is 5.33. The molecule has 1 aromatic rings. The van der Waals surface area contributed by atoms with E-state index in [0.717, 1.165) is 50.2 Å². The van der Waals surface area contributed by atoms with E-state index < -0.39 is 0 Å². The normalized spacial score (nSPS) is 17.2. The number of benzene rings is 1. The van der Waals surface area contributed by atoms with E-state index in [4.69, 9.17) is 9.73 Å². The Morgan fingerprint density at radius 1 is 1.40 bits per heavy atom. The van der Waals surface area contributed by atoms with E-state index in [1.807, 2.05) is 17.8 Å². The molecule has 1 heterocycles. The van der Waals surface area contributed by atoms with Gasteiger partial charge in [-0.05, 0) is 37.7 Å². The summed E-state index contributed by atoms with van der Waals surface area (Å²) in [5, 5.41) is 6.71. The van der Waals surface area contributed by atoms with Crippen molar-refractivity contribution in [3.8, 4) is 5.75 Å². The minimum absolute atomic E-state index is 0. The van der Waals surface area contributed by atoms with Crippen molar-refractivity contribution in [2.45, 2.75) is 13.3 Å². The highest BCUT2D eigenvalue weighted by Crippen LogP contribution is 2.26. The Bertz CT molecular complexity index is 530. The van der Waals surface area contributed by atoms with Gasteiger partial charge in [0.05, 0.1) is 7.11 Å². The lowest BCUT2D eigenvalue weighted by atomic mass is 10.1. The number of methoxy groups -OCH3 is 1. The number of nitrogens with one attached hydrogen (secondary N) is 2. The predicted octanol–water partition coefficient (Wildman–Crippen LogP) is 3.06. The molecule has 1 atom stereocenters. The summed E-state index contributed by atoms with van der Waals surface area (Å²) in [5.41, 5.74) is 1.24. The van der Waals surface area contributed by atoms with Gasteiger partial charge >= 0.3 is 0 Å². The van der Waals surface area contributed by atoms with Crippen LogP contribution >= 0.6 is 35.7 Å². The van der Waals surface area contributed by atoms with E-state index in [1.165, 1.54) is 12.1 Å². The zero-order valence-electron chi connectivity index (χ0n) is 15.5. The van der Waals surface area contributed by atoms with Crippen molar-refractivity contribution in [1.82, 2.24) is 10.6 Å². The first kappa shape index (κ1) is 22.2. The monoisotopic (exact) mass is 478 g/mol. The van der Waals surface area contributed by atoms with Crippen molar-refractivity contribution in [1.29, 1.82) is 0 Å².